The molecule has 1 aliphatic heterocycles. The number of esters is 1. The van der Waals surface area contributed by atoms with Crippen LogP contribution in [0.1, 0.15) is 35.1 Å². The van der Waals surface area contributed by atoms with Crippen molar-refractivity contribution in [3.05, 3.63) is 63.8 Å². The molecule has 0 unspecified atom stereocenters. The van der Waals surface area contributed by atoms with Crippen molar-refractivity contribution in [2.75, 3.05) is 6.61 Å². The molecule has 1 aromatic heterocycles. The Morgan fingerprint density at radius 3 is 2.86 bits per heavy atom. The minimum Gasteiger partial charge on any atom is -0.462 e. The quantitative estimate of drug-likeness (QED) is 0.816. The molecule has 3 rings (SSSR count). The standard InChI is InChI=1S/C17H16N2O3/c1-2-22-17(21)14-11-18-15-13(8-9-19(15)16(14)20)10-12-6-4-3-5-7-12/h3-7,10-11H,2,8-9H2,1H3/b13-10+. The molecule has 0 fully saturated rings. The summed E-state index contributed by atoms with van der Waals surface area (Å²) >= 11 is 0. The number of allylic oxidation sites excluding steroid dienone is 1. The first kappa shape index (κ1) is 14.3. The first-order chi connectivity index (χ1) is 10.7. The van der Waals surface area contributed by atoms with Gasteiger partial charge in [-0.1, -0.05) is 30.3 Å². The third kappa shape index (κ3) is 2.57. The van der Waals surface area contributed by atoms with Gasteiger partial charge in [0.15, 0.2) is 0 Å². The van der Waals surface area contributed by atoms with Crippen LogP contribution in [0.25, 0.3) is 11.6 Å². The van der Waals surface area contributed by atoms with Gasteiger partial charge >= 0.3 is 5.97 Å². The molecule has 5 nitrogen and oxygen atoms in total. The van der Waals surface area contributed by atoms with Crippen LogP contribution in [0, 0.1) is 0 Å². The summed E-state index contributed by atoms with van der Waals surface area (Å²) in [7, 11) is 0. The molecule has 1 aromatic carbocycles. The van der Waals surface area contributed by atoms with Crippen LogP contribution < -0.4 is 5.56 Å². The molecule has 0 N–H and O–H groups in total. The maximum absolute atomic E-state index is 12.4. The Labute approximate surface area is 127 Å². The van der Waals surface area contributed by atoms with Gasteiger partial charge < -0.3 is 4.74 Å². The maximum atomic E-state index is 12.4. The second-order valence-corrected chi connectivity index (χ2v) is 5.00. The van der Waals surface area contributed by atoms with Gasteiger partial charge in [-0.2, -0.15) is 0 Å². The van der Waals surface area contributed by atoms with Gasteiger partial charge in [-0.3, -0.25) is 9.36 Å². The number of rotatable bonds is 3. The van der Waals surface area contributed by atoms with Crippen LogP contribution in [0.5, 0.6) is 0 Å². The number of benzene rings is 1. The van der Waals surface area contributed by atoms with Crippen LogP contribution >= 0.6 is 0 Å². The van der Waals surface area contributed by atoms with Crippen molar-refractivity contribution >= 4 is 17.6 Å². The highest BCUT2D eigenvalue weighted by molar-refractivity contribution is 5.89. The highest BCUT2D eigenvalue weighted by Gasteiger charge is 2.23. The summed E-state index contributed by atoms with van der Waals surface area (Å²) in [5.41, 5.74) is 1.72. The van der Waals surface area contributed by atoms with Crippen LogP contribution in [-0.2, 0) is 11.3 Å². The van der Waals surface area contributed by atoms with E-state index in [1.54, 1.807) is 11.5 Å². The lowest BCUT2D eigenvalue weighted by atomic mass is 10.1. The van der Waals surface area contributed by atoms with Crippen LogP contribution in [-0.4, -0.2) is 22.1 Å². The van der Waals surface area contributed by atoms with Crippen molar-refractivity contribution in [1.29, 1.82) is 0 Å². The number of fused-ring (bicyclic) bond motifs is 1. The third-order valence-corrected chi connectivity index (χ3v) is 3.57. The molecular formula is C17H16N2O3. The summed E-state index contributed by atoms with van der Waals surface area (Å²) in [6.45, 7) is 2.48. The summed E-state index contributed by atoms with van der Waals surface area (Å²) in [5.74, 6) is 0.0118. The van der Waals surface area contributed by atoms with Crippen LogP contribution in [0.2, 0.25) is 0 Å². The van der Waals surface area contributed by atoms with Crippen molar-refractivity contribution in [3.8, 4) is 0 Å². The largest absolute Gasteiger partial charge is 0.462 e. The molecule has 22 heavy (non-hydrogen) atoms. The molecule has 0 atom stereocenters. The number of hydrogen-bond acceptors (Lipinski definition) is 4. The van der Waals surface area contributed by atoms with Gasteiger partial charge in [-0.05, 0) is 30.6 Å². The lowest BCUT2D eigenvalue weighted by Gasteiger charge is -2.05. The first-order valence-corrected chi connectivity index (χ1v) is 7.23. The summed E-state index contributed by atoms with van der Waals surface area (Å²) in [5, 5.41) is 0. The number of aromatic nitrogens is 2. The van der Waals surface area contributed by atoms with E-state index in [0.29, 0.717) is 12.4 Å². The molecule has 0 spiro atoms. The van der Waals surface area contributed by atoms with Gasteiger partial charge in [0.1, 0.15) is 11.4 Å². The molecule has 0 amide bonds. The van der Waals surface area contributed by atoms with Gasteiger partial charge in [-0.25, -0.2) is 9.78 Å². The average molecular weight is 296 g/mol. The molecule has 112 valence electrons. The summed E-state index contributed by atoms with van der Waals surface area (Å²) in [4.78, 5) is 28.4. The zero-order valence-electron chi connectivity index (χ0n) is 12.3. The molecular weight excluding hydrogens is 280 g/mol. The van der Waals surface area contributed by atoms with E-state index in [1.807, 2.05) is 36.4 Å². The van der Waals surface area contributed by atoms with Crippen molar-refractivity contribution < 1.29 is 9.53 Å². The van der Waals surface area contributed by atoms with Gasteiger partial charge in [0.2, 0.25) is 0 Å². The Hall–Kier alpha value is -2.69. The molecule has 5 heteroatoms. The zero-order chi connectivity index (χ0) is 15.5. The fraction of sp³-hybridized carbons (Fsp3) is 0.235. The third-order valence-electron chi connectivity index (χ3n) is 3.57. The molecule has 2 aromatic rings. The van der Waals surface area contributed by atoms with E-state index >= 15 is 0 Å². The Morgan fingerprint density at radius 2 is 2.14 bits per heavy atom. The van der Waals surface area contributed by atoms with Gasteiger partial charge in [0.25, 0.3) is 5.56 Å². The second kappa shape index (κ2) is 5.97. The van der Waals surface area contributed by atoms with E-state index in [1.165, 1.54) is 6.20 Å². The Balaban J connectivity index is 2.00. The van der Waals surface area contributed by atoms with Gasteiger partial charge in [-0.15, -0.1) is 0 Å². The number of ether oxygens (including phenoxy) is 1. The summed E-state index contributed by atoms with van der Waals surface area (Å²) in [6.07, 6.45) is 4.06. The van der Waals surface area contributed by atoms with Crippen LogP contribution in [0.3, 0.4) is 0 Å². The number of carbonyl (C=O) groups excluding carboxylic acids is 1. The molecule has 2 heterocycles. The maximum Gasteiger partial charge on any atom is 0.345 e. The van der Waals surface area contributed by atoms with E-state index in [0.717, 1.165) is 17.6 Å². The van der Waals surface area contributed by atoms with E-state index in [2.05, 4.69) is 4.98 Å². The SMILES string of the molecule is CCOC(=O)c1cnc2n(c1=O)CC/C2=C\c1ccccc1. The summed E-state index contributed by atoms with van der Waals surface area (Å²) < 4.78 is 6.43. The number of nitrogens with zero attached hydrogens (tertiary/aromatic N) is 2. The van der Waals surface area contributed by atoms with E-state index in [-0.39, 0.29) is 17.7 Å². The van der Waals surface area contributed by atoms with Crippen molar-refractivity contribution in [2.45, 2.75) is 19.9 Å². The molecule has 0 saturated heterocycles. The fourth-order valence-electron chi connectivity index (χ4n) is 2.54. The van der Waals surface area contributed by atoms with E-state index in [9.17, 15) is 9.59 Å². The molecule has 1 aliphatic rings. The first-order valence-electron chi connectivity index (χ1n) is 7.23. The second-order valence-electron chi connectivity index (χ2n) is 5.00. The summed E-state index contributed by atoms with van der Waals surface area (Å²) in [6, 6.07) is 9.89. The molecule has 0 radical (unpaired) electrons. The number of carbonyl (C=O) groups is 1. The highest BCUT2D eigenvalue weighted by atomic mass is 16.5. The Bertz CT molecular complexity index is 791. The van der Waals surface area contributed by atoms with Crippen LogP contribution in [0.15, 0.2) is 41.3 Å². The Kier molecular flexibility index (Phi) is 3.87. The monoisotopic (exact) mass is 296 g/mol. The minimum absolute atomic E-state index is 0.00781. The smallest absolute Gasteiger partial charge is 0.345 e. The van der Waals surface area contributed by atoms with E-state index in [4.69, 9.17) is 4.74 Å². The molecule has 0 saturated carbocycles. The average Bonchev–Trinajstić information content (AvgIpc) is 2.93. The molecule has 0 aliphatic carbocycles. The lowest BCUT2D eigenvalue weighted by Crippen LogP contribution is -2.27. The molecule has 0 bridgehead atoms. The van der Waals surface area contributed by atoms with Gasteiger partial charge in [0, 0.05) is 12.7 Å². The Morgan fingerprint density at radius 1 is 1.36 bits per heavy atom. The predicted octanol–water partition coefficient (Wildman–Crippen LogP) is 2.36. The minimum atomic E-state index is -0.615. The fourth-order valence-corrected chi connectivity index (χ4v) is 2.54. The van der Waals surface area contributed by atoms with Crippen molar-refractivity contribution in [2.24, 2.45) is 0 Å². The van der Waals surface area contributed by atoms with Crippen molar-refractivity contribution in [1.82, 2.24) is 9.55 Å². The van der Waals surface area contributed by atoms with Crippen LogP contribution in [0.4, 0.5) is 0 Å². The predicted molar refractivity (Wildman–Crippen MR) is 83.4 cm³/mol. The van der Waals surface area contributed by atoms with Gasteiger partial charge in [0.05, 0.1) is 6.61 Å². The lowest BCUT2D eigenvalue weighted by molar-refractivity contribution is 0.0523. The topological polar surface area (TPSA) is 61.2 Å². The normalized spacial score (nSPS) is 14.9. The zero-order valence-corrected chi connectivity index (χ0v) is 12.3. The highest BCUT2D eigenvalue weighted by Crippen LogP contribution is 2.25. The number of hydrogen-bond donors (Lipinski definition) is 0. The van der Waals surface area contributed by atoms with E-state index < -0.39 is 5.97 Å². The van der Waals surface area contributed by atoms with Crippen molar-refractivity contribution in [3.63, 3.8) is 0 Å².